The molecule has 2 aliphatic rings. The zero-order valence-corrected chi connectivity index (χ0v) is 18.6. The number of hydrogen-bond acceptors (Lipinski definition) is 9. The van der Waals surface area contributed by atoms with Gasteiger partial charge in [0, 0.05) is 35.4 Å². The Balaban J connectivity index is 2.10. The molecule has 0 aromatic heterocycles. The number of rotatable bonds is 7. The van der Waals surface area contributed by atoms with Gasteiger partial charge in [0.2, 0.25) is 0 Å². The Kier molecular flexibility index (Phi) is 6.20. The third-order valence-electron chi connectivity index (χ3n) is 5.63. The second-order valence-corrected chi connectivity index (χ2v) is 8.87. The lowest BCUT2D eigenvalue weighted by molar-refractivity contribution is -0.123. The van der Waals surface area contributed by atoms with Gasteiger partial charge in [-0.05, 0) is 27.7 Å². The Bertz CT molecular complexity index is 1060. The first kappa shape index (κ1) is 22.9. The molecule has 0 unspecified atom stereocenters. The van der Waals surface area contributed by atoms with Crippen LogP contribution in [0.2, 0.25) is 0 Å². The zero-order valence-electron chi connectivity index (χ0n) is 17.8. The molecule has 1 aliphatic heterocycles. The Morgan fingerprint density at radius 1 is 1.19 bits per heavy atom. The summed E-state index contributed by atoms with van der Waals surface area (Å²) in [5.74, 6) is -1.18. The number of aliphatic hydroxyl groups is 1. The highest BCUT2D eigenvalue weighted by atomic mass is 32.2. The number of phenols is 2. The highest BCUT2D eigenvalue weighted by Crippen LogP contribution is 2.57. The summed E-state index contributed by atoms with van der Waals surface area (Å²) in [7, 11) is 0. The topological polar surface area (TPSA) is 133 Å². The van der Waals surface area contributed by atoms with Crippen molar-refractivity contribution in [3.05, 3.63) is 39.8 Å². The van der Waals surface area contributed by atoms with Crippen molar-refractivity contribution in [2.24, 2.45) is 0 Å². The zero-order chi connectivity index (χ0) is 23.1. The lowest BCUT2D eigenvalue weighted by atomic mass is 9.70. The second kappa shape index (κ2) is 8.39. The van der Waals surface area contributed by atoms with Crippen LogP contribution in [0.5, 0.6) is 17.2 Å². The van der Waals surface area contributed by atoms with Crippen LogP contribution < -0.4 is 10.1 Å². The van der Waals surface area contributed by atoms with Crippen LogP contribution in [-0.2, 0) is 15.0 Å². The van der Waals surface area contributed by atoms with Gasteiger partial charge in [0.05, 0.1) is 17.7 Å². The molecule has 0 radical (unpaired) electrons. The molecule has 0 spiro atoms. The number of ketones is 3. The smallest absolute Gasteiger partial charge is 0.194 e. The predicted octanol–water partition coefficient (Wildman–Crippen LogP) is 1.88. The molecule has 0 saturated heterocycles. The van der Waals surface area contributed by atoms with Crippen molar-refractivity contribution < 1.29 is 34.4 Å². The number of carbonyl (C=O) groups is 3. The van der Waals surface area contributed by atoms with Crippen LogP contribution in [0, 0.1) is 6.92 Å². The number of hydrogen-bond donors (Lipinski definition) is 4. The van der Waals surface area contributed by atoms with E-state index in [0.29, 0.717) is 23.7 Å². The quantitative estimate of drug-likeness (QED) is 0.214. The highest BCUT2D eigenvalue weighted by molar-refractivity contribution is 7.99. The monoisotopic (exact) mass is 447 g/mol. The Labute approximate surface area is 184 Å². The number of nitrogens with one attached hydrogen (secondary N) is 1. The molecular formula is C22H25NO7S. The first-order valence-electron chi connectivity index (χ1n) is 9.79. The van der Waals surface area contributed by atoms with Gasteiger partial charge in [0.15, 0.2) is 17.3 Å². The Morgan fingerprint density at radius 3 is 2.48 bits per heavy atom. The Morgan fingerprint density at radius 2 is 1.87 bits per heavy atom. The largest absolute Gasteiger partial charge is 0.507 e. The molecule has 4 N–H and O–H groups in total. The van der Waals surface area contributed by atoms with E-state index in [4.69, 9.17) is 9.84 Å². The maximum atomic E-state index is 13.6. The minimum atomic E-state index is -1.51. The molecule has 0 bridgehead atoms. The van der Waals surface area contributed by atoms with E-state index in [9.17, 15) is 24.6 Å². The van der Waals surface area contributed by atoms with Crippen molar-refractivity contribution in [1.82, 2.24) is 5.32 Å². The SMILES string of the molecule is CC(=O)c1c(O)c(C)c(O)c2c1OC1=CC(=O)/C(=C(/C)NCCSCCO)C(=O)[C@@]12C. The first-order chi connectivity index (χ1) is 14.6. The fourth-order valence-electron chi connectivity index (χ4n) is 3.93. The highest BCUT2D eigenvalue weighted by Gasteiger charge is 2.56. The predicted molar refractivity (Wildman–Crippen MR) is 116 cm³/mol. The van der Waals surface area contributed by atoms with E-state index in [-0.39, 0.29) is 46.1 Å². The van der Waals surface area contributed by atoms with E-state index < -0.39 is 28.5 Å². The number of thioether (sulfide) groups is 1. The lowest BCUT2D eigenvalue weighted by Crippen LogP contribution is -2.41. The van der Waals surface area contributed by atoms with Gasteiger partial charge in [-0.25, -0.2) is 0 Å². The average molecular weight is 448 g/mol. The standard InChI is InChI=1S/C22H25NO7S/c1-10-18(27)16(12(3)25)20-17(19(10)28)22(4)14(30-20)9-13(26)15(21(22)29)11(2)23-5-7-31-8-6-24/h9,23-24,27-28H,5-8H2,1-4H3/b15-11+/t22-/m0/s1. The van der Waals surface area contributed by atoms with Crippen molar-refractivity contribution in [3.8, 4) is 17.2 Å². The van der Waals surface area contributed by atoms with E-state index in [0.717, 1.165) is 0 Å². The molecule has 1 heterocycles. The maximum absolute atomic E-state index is 13.6. The van der Waals surface area contributed by atoms with Gasteiger partial charge >= 0.3 is 0 Å². The van der Waals surface area contributed by atoms with Crippen molar-refractivity contribution in [2.45, 2.75) is 33.1 Å². The van der Waals surface area contributed by atoms with E-state index in [2.05, 4.69) is 5.32 Å². The van der Waals surface area contributed by atoms with Gasteiger partial charge in [-0.3, -0.25) is 14.4 Å². The summed E-state index contributed by atoms with van der Waals surface area (Å²) in [5, 5.41) is 33.1. The average Bonchev–Trinajstić information content (AvgIpc) is 2.99. The molecular weight excluding hydrogens is 422 g/mol. The summed E-state index contributed by atoms with van der Waals surface area (Å²) in [4.78, 5) is 38.5. The summed E-state index contributed by atoms with van der Waals surface area (Å²) < 4.78 is 5.73. The van der Waals surface area contributed by atoms with Crippen molar-refractivity contribution in [1.29, 1.82) is 0 Å². The van der Waals surface area contributed by atoms with Gasteiger partial charge in [0.1, 0.15) is 34.0 Å². The number of aromatic hydroxyl groups is 2. The van der Waals surface area contributed by atoms with Crippen LogP contribution in [0.25, 0.3) is 0 Å². The number of aliphatic hydroxyl groups excluding tert-OH is 1. The number of benzene rings is 1. The van der Waals surface area contributed by atoms with E-state index in [1.807, 2.05) is 0 Å². The summed E-state index contributed by atoms with van der Waals surface area (Å²) in [6.07, 6.45) is 1.19. The summed E-state index contributed by atoms with van der Waals surface area (Å²) in [5.41, 5.74) is -1.18. The molecule has 31 heavy (non-hydrogen) atoms. The maximum Gasteiger partial charge on any atom is 0.194 e. The second-order valence-electron chi connectivity index (χ2n) is 7.65. The number of ether oxygens (including phenoxy) is 1. The number of carbonyl (C=O) groups excluding carboxylic acids is 3. The third kappa shape index (κ3) is 3.51. The summed E-state index contributed by atoms with van der Waals surface area (Å²) in [6.45, 7) is 6.42. The molecule has 1 aromatic carbocycles. The fourth-order valence-corrected chi connectivity index (χ4v) is 4.51. The molecule has 9 heteroatoms. The van der Waals surface area contributed by atoms with Crippen LogP contribution in [-0.4, -0.2) is 57.3 Å². The van der Waals surface area contributed by atoms with E-state index in [1.165, 1.54) is 38.6 Å². The van der Waals surface area contributed by atoms with Gasteiger partial charge in [-0.15, -0.1) is 0 Å². The van der Waals surface area contributed by atoms with Gasteiger partial charge in [0.25, 0.3) is 0 Å². The van der Waals surface area contributed by atoms with Crippen LogP contribution >= 0.6 is 11.8 Å². The Hall–Kier alpha value is -2.78. The van der Waals surface area contributed by atoms with E-state index >= 15 is 0 Å². The van der Waals surface area contributed by atoms with Crippen molar-refractivity contribution in [3.63, 3.8) is 0 Å². The van der Waals surface area contributed by atoms with Crippen LogP contribution in [0.4, 0.5) is 0 Å². The van der Waals surface area contributed by atoms with Crippen molar-refractivity contribution >= 4 is 29.1 Å². The number of phenolic OH excluding ortho intramolecular Hbond substituents is 2. The lowest BCUT2D eigenvalue weighted by Gasteiger charge is -2.29. The molecule has 0 saturated carbocycles. The molecule has 3 rings (SSSR count). The van der Waals surface area contributed by atoms with Crippen LogP contribution in [0.1, 0.15) is 42.3 Å². The minimum absolute atomic E-state index is 0.00958. The summed E-state index contributed by atoms with van der Waals surface area (Å²) >= 11 is 1.53. The van der Waals surface area contributed by atoms with E-state index in [1.54, 1.807) is 6.92 Å². The van der Waals surface area contributed by atoms with Crippen LogP contribution in [0.15, 0.2) is 23.1 Å². The molecule has 8 nitrogen and oxygen atoms in total. The normalized spacial score (nSPS) is 21.3. The van der Waals surface area contributed by atoms with Gasteiger partial charge < -0.3 is 25.4 Å². The number of Topliss-reactive ketones (excluding diaryl/α,β-unsaturated/α-hetero) is 2. The molecule has 1 aromatic rings. The minimum Gasteiger partial charge on any atom is -0.507 e. The van der Waals surface area contributed by atoms with Gasteiger partial charge in [-0.2, -0.15) is 11.8 Å². The third-order valence-corrected chi connectivity index (χ3v) is 6.60. The molecule has 0 fully saturated rings. The summed E-state index contributed by atoms with van der Waals surface area (Å²) in [6, 6.07) is 0. The molecule has 1 atom stereocenters. The van der Waals surface area contributed by atoms with Crippen LogP contribution in [0.3, 0.4) is 0 Å². The fraction of sp³-hybridized carbons (Fsp3) is 0.409. The number of fused-ring (bicyclic) bond motifs is 3. The van der Waals surface area contributed by atoms with Gasteiger partial charge in [-0.1, -0.05) is 0 Å². The van der Waals surface area contributed by atoms with Crippen molar-refractivity contribution in [2.75, 3.05) is 24.7 Å². The number of allylic oxidation sites excluding steroid dienone is 4. The molecule has 0 amide bonds. The molecule has 166 valence electrons. The molecule has 1 aliphatic carbocycles. The first-order valence-corrected chi connectivity index (χ1v) is 10.9.